The van der Waals surface area contributed by atoms with Crippen LogP contribution in [0.2, 0.25) is 0 Å². The third-order valence-electron chi connectivity index (χ3n) is 4.53. The fourth-order valence-corrected chi connectivity index (χ4v) is 3.48. The van der Waals surface area contributed by atoms with Gasteiger partial charge >= 0.3 is 5.97 Å². The first-order valence-corrected chi connectivity index (χ1v) is 7.26. The van der Waals surface area contributed by atoms with Crippen LogP contribution in [0.1, 0.15) is 24.8 Å². The van der Waals surface area contributed by atoms with E-state index in [9.17, 15) is 4.79 Å². The molecular weight excluding hydrogens is 238 g/mol. The average Bonchev–Trinajstić information content (AvgIpc) is 2.94. The third-order valence-corrected chi connectivity index (χ3v) is 4.53. The molecule has 102 valence electrons. The molecule has 1 saturated heterocycles. The lowest BCUT2D eigenvalue weighted by Gasteiger charge is -2.31. The van der Waals surface area contributed by atoms with Crippen molar-refractivity contribution < 1.29 is 9.53 Å². The van der Waals surface area contributed by atoms with E-state index < -0.39 is 0 Å². The van der Waals surface area contributed by atoms with Crippen molar-refractivity contribution in [3.63, 3.8) is 0 Å². The van der Waals surface area contributed by atoms with E-state index in [1.807, 2.05) is 30.3 Å². The molecule has 1 aliphatic carbocycles. The summed E-state index contributed by atoms with van der Waals surface area (Å²) >= 11 is 0. The highest BCUT2D eigenvalue weighted by Gasteiger charge is 2.40. The van der Waals surface area contributed by atoms with Gasteiger partial charge in [0.15, 0.2) is 0 Å². The number of nitrogens with one attached hydrogen (secondary N) is 1. The number of benzene rings is 1. The van der Waals surface area contributed by atoms with E-state index >= 15 is 0 Å². The predicted octanol–water partition coefficient (Wildman–Crippen LogP) is 2.37. The molecule has 3 heteroatoms. The minimum Gasteiger partial charge on any atom is -0.461 e. The Kier molecular flexibility index (Phi) is 3.83. The molecule has 3 rings (SSSR count). The number of fused-ring (bicyclic) bond motifs is 1. The molecule has 0 radical (unpaired) electrons. The number of rotatable bonds is 3. The van der Waals surface area contributed by atoms with Gasteiger partial charge in [-0.25, -0.2) is 0 Å². The molecule has 1 aromatic rings. The summed E-state index contributed by atoms with van der Waals surface area (Å²) in [6.07, 6.45) is 3.42. The van der Waals surface area contributed by atoms with Gasteiger partial charge in [-0.05, 0) is 43.3 Å². The Labute approximate surface area is 114 Å². The van der Waals surface area contributed by atoms with E-state index in [4.69, 9.17) is 4.74 Å². The first-order chi connectivity index (χ1) is 9.34. The van der Waals surface area contributed by atoms with Crippen LogP contribution in [0, 0.1) is 17.8 Å². The molecule has 0 bridgehead atoms. The molecule has 3 nitrogen and oxygen atoms in total. The zero-order chi connectivity index (χ0) is 13.1. The van der Waals surface area contributed by atoms with E-state index in [0.717, 1.165) is 31.5 Å². The van der Waals surface area contributed by atoms with Gasteiger partial charge in [0, 0.05) is 0 Å². The Morgan fingerprint density at radius 3 is 2.89 bits per heavy atom. The molecule has 1 aliphatic heterocycles. The molecule has 2 aliphatic rings. The SMILES string of the molecule is O=C(OCc1ccccc1)C1CCCC2CNCC21. The van der Waals surface area contributed by atoms with Crippen LogP contribution >= 0.6 is 0 Å². The zero-order valence-electron chi connectivity index (χ0n) is 11.2. The summed E-state index contributed by atoms with van der Waals surface area (Å²) in [4.78, 5) is 12.3. The van der Waals surface area contributed by atoms with E-state index in [1.165, 1.54) is 6.42 Å². The van der Waals surface area contributed by atoms with Crippen molar-refractivity contribution in [1.82, 2.24) is 5.32 Å². The Bertz CT molecular complexity index is 432. The lowest BCUT2D eigenvalue weighted by atomic mass is 9.74. The van der Waals surface area contributed by atoms with Gasteiger partial charge in [-0.1, -0.05) is 36.8 Å². The van der Waals surface area contributed by atoms with E-state index in [0.29, 0.717) is 18.4 Å². The minimum absolute atomic E-state index is 0.00209. The van der Waals surface area contributed by atoms with Crippen LogP contribution in [-0.2, 0) is 16.1 Å². The second kappa shape index (κ2) is 5.74. The highest BCUT2D eigenvalue weighted by atomic mass is 16.5. The number of carbonyl (C=O) groups excluding carboxylic acids is 1. The Morgan fingerprint density at radius 2 is 2.05 bits per heavy atom. The van der Waals surface area contributed by atoms with Crippen molar-refractivity contribution in [2.24, 2.45) is 17.8 Å². The molecule has 1 N–H and O–H groups in total. The van der Waals surface area contributed by atoms with Crippen molar-refractivity contribution >= 4 is 5.97 Å². The fraction of sp³-hybridized carbons (Fsp3) is 0.562. The van der Waals surface area contributed by atoms with Crippen LogP contribution < -0.4 is 5.32 Å². The van der Waals surface area contributed by atoms with Gasteiger partial charge in [-0.15, -0.1) is 0 Å². The van der Waals surface area contributed by atoms with Gasteiger partial charge < -0.3 is 10.1 Å². The maximum Gasteiger partial charge on any atom is 0.309 e. The standard InChI is InChI=1S/C16H21NO2/c18-16(19-11-12-5-2-1-3-6-12)14-8-4-7-13-9-17-10-15(13)14/h1-3,5-6,13-15,17H,4,7-11H2. The molecular formula is C16H21NO2. The van der Waals surface area contributed by atoms with Crippen LogP contribution in [0.25, 0.3) is 0 Å². The van der Waals surface area contributed by atoms with Gasteiger partial charge in [0.2, 0.25) is 0 Å². The first-order valence-electron chi connectivity index (χ1n) is 7.26. The maximum absolute atomic E-state index is 12.3. The van der Waals surface area contributed by atoms with E-state index in [1.54, 1.807) is 0 Å². The van der Waals surface area contributed by atoms with Gasteiger partial charge in [0.05, 0.1) is 5.92 Å². The van der Waals surface area contributed by atoms with Crippen molar-refractivity contribution in [3.05, 3.63) is 35.9 Å². The topological polar surface area (TPSA) is 38.3 Å². The highest BCUT2D eigenvalue weighted by Crippen LogP contribution is 2.37. The van der Waals surface area contributed by atoms with Gasteiger partial charge in [-0.3, -0.25) is 4.79 Å². The second-order valence-corrected chi connectivity index (χ2v) is 5.71. The molecule has 0 aromatic heterocycles. The Hall–Kier alpha value is -1.35. The molecule has 1 heterocycles. The number of esters is 1. The Balaban J connectivity index is 1.57. The first kappa shape index (κ1) is 12.7. The molecule has 2 fully saturated rings. The van der Waals surface area contributed by atoms with Crippen LogP contribution in [0.5, 0.6) is 0 Å². The Morgan fingerprint density at radius 1 is 1.21 bits per heavy atom. The fourth-order valence-electron chi connectivity index (χ4n) is 3.48. The highest BCUT2D eigenvalue weighted by molar-refractivity contribution is 5.73. The second-order valence-electron chi connectivity index (χ2n) is 5.71. The van der Waals surface area contributed by atoms with Crippen molar-refractivity contribution in [2.45, 2.75) is 25.9 Å². The van der Waals surface area contributed by atoms with Crippen LogP contribution in [0.4, 0.5) is 0 Å². The summed E-state index contributed by atoms with van der Waals surface area (Å²) in [5, 5.41) is 3.42. The molecule has 3 unspecified atom stereocenters. The average molecular weight is 259 g/mol. The molecule has 19 heavy (non-hydrogen) atoms. The lowest BCUT2D eigenvalue weighted by Crippen LogP contribution is -2.34. The lowest BCUT2D eigenvalue weighted by molar-refractivity contribution is -0.153. The van der Waals surface area contributed by atoms with Gasteiger partial charge in [0.25, 0.3) is 0 Å². The summed E-state index contributed by atoms with van der Waals surface area (Å²) in [5.41, 5.74) is 1.06. The van der Waals surface area contributed by atoms with Crippen LogP contribution in [0.15, 0.2) is 30.3 Å². The molecule has 0 spiro atoms. The summed E-state index contributed by atoms with van der Waals surface area (Å²) < 4.78 is 5.51. The van der Waals surface area contributed by atoms with Crippen molar-refractivity contribution in [1.29, 1.82) is 0 Å². The minimum atomic E-state index is 0.00209. The van der Waals surface area contributed by atoms with Gasteiger partial charge in [-0.2, -0.15) is 0 Å². The number of ether oxygens (including phenoxy) is 1. The molecule has 1 saturated carbocycles. The monoisotopic (exact) mass is 259 g/mol. The molecule has 0 amide bonds. The maximum atomic E-state index is 12.3. The molecule has 1 aromatic carbocycles. The third kappa shape index (κ3) is 2.81. The summed E-state index contributed by atoms with van der Waals surface area (Å²) in [6.45, 7) is 2.46. The van der Waals surface area contributed by atoms with E-state index in [-0.39, 0.29) is 11.9 Å². The van der Waals surface area contributed by atoms with Crippen molar-refractivity contribution in [2.75, 3.05) is 13.1 Å². The summed E-state index contributed by atoms with van der Waals surface area (Å²) in [7, 11) is 0. The normalized spacial score (nSPS) is 29.8. The summed E-state index contributed by atoms with van der Waals surface area (Å²) in [6, 6.07) is 9.91. The van der Waals surface area contributed by atoms with Gasteiger partial charge in [0.1, 0.15) is 6.61 Å². The largest absolute Gasteiger partial charge is 0.461 e. The number of hydrogen-bond acceptors (Lipinski definition) is 3. The van der Waals surface area contributed by atoms with Crippen LogP contribution in [0.3, 0.4) is 0 Å². The predicted molar refractivity (Wildman–Crippen MR) is 73.4 cm³/mol. The zero-order valence-corrected chi connectivity index (χ0v) is 11.2. The number of carbonyl (C=O) groups is 1. The smallest absolute Gasteiger partial charge is 0.309 e. The number of hydrogen-bond donors (Lipinski definition) is 1. The van der Waals surface area contributed by atoms with Crippen molar-refractivity contribution in [3.8, 4) is 0 Å². The molecule has 3 atom stereocenters. The summed E-state index contributed by atoms with van der Waals surface area (Å²) in [5.74, 6) is 1.29. The van der Waals surface area contributed by atoms with Crippen LogP contribution in [-0.4, -0.2) is 19.1 Å². The quantitative estimate of drug-likeness (QED) is 0.847. The van der Waals surface area contributed by atoms with E-state index in [2.05, 4.69) is 5.32 Å².